The molecule has 1 N–H and O–H groups in total. The van der Waals surface area contributed by atoms with Gasteiger partial charge in [0, 0.05) is 0 Å². The Morgan fingerprint density at radius 3 is 2.35 bits per heavy atom. The molecule has 0 aliphatic carbocycles. The van der Waals surface area contributed by atoms with Crippen molar-refractivity contribution < 1.29 is 22.7 Å². The van der Waals surface area contributed by atoms with E-state index >= 15 is 0 Å². The van der Waals surface area contributed by atoms with E-state index in [-0.39, 0.29) is 11.9 Å². The summed E-state index contributed by atoms with van der Waals surface area (Å²) in [4.78, 5) is 5.14. The number of ether oxygens (including phenoxy) is 1. The third kappa shape index (κ3) is 3.37. The van der Waals surface area contributed by atoms with Gasteiger partial charge in [0.15, 0.2) is 0 Å². The van der Waals surface area contributed by atoms with E-state index in [0.717, 1.165) is 5.56 Å². The maximum atomic E-state index is 11.9. The fraction of sp³-hybridized carbons (Fsp3) is 0.200. The van der Waals surface area contributed by atoms with Gasteiger partial charge in [-0.15, -0.1) is 13.2 Å². The van der Waals surface area contributed by atoms with E-state index in [1.807, 2.05) is 0 Å². The normalized spacial score (nSPS) is 19.8. The molecular weight excluding hydrogens is 303 g/mol. The lowest BCUT2D eigenvalue weighted by Crippen LogP contribution is -2.17. The molecule has 0 fully saturated rings. The number of halogens is 4. The minimum Gasteiger partial charge on any atom is -0.406 e. The first kappa shape index (κ1) is 12.3. The van der Waals surface area contributed by atoms with Crippen LogP contribution in [0, 0.1) is 0 Å². The number of hydrogen-bond acceptors (Lipinski definition) is 3. The lowest BCUT2D eigenvalue weighted by Gasteiger charge is -2.11. The highest BCUT2D eigenvalue weighted by molar-refractivity contribution is 9.11. The van der Waals surface area contributed by atoms with Gasteiger partial charge in [-0.2, -0.15) is 0 Å². The second-order valence-corrected chi connectivity index (χ2v) is 4.13. The van der Waals surface area contributed by atoms with Gasteiger partial charge in [0.2, 0.25) is 0 Å². The highest BCUT2D eigenvalue weighted by Gasteiger charge is 2.31. The molecule has 17 heavy (non-hydrogen) atoms. The molecule has 1 aliphatic heterocycles. The van der Waals surface area contributed by atoms with Crippen LogP contribution in [-0.2, 0) is 4.84 Å². The van der Waals surface area contributed by atoms with Crippen molar-refractivity contribution >= 4 is 15.9 Å². The van der Waals surface area contributed by atoms with E-state index in [4.69, 9.17) is 4.84 Å². The monoisotopic (exact) mass is 309 g/mol. The average molecular weight is 310 g/mol. The molecule has 92 valence electrons. The molecule has 7 heteroatoms. The summed E-state index contributed by atoms with van der Waals surface area (Å²) in [6.45, 7) is 0. The molecule has 0 spiro atoms. The number of alkyl halides is 3. The Morgan fingerprint density at radius 1 is 1.24 bits per heavy atom. The Hall–Kier alpha value is -1.21. The largest absolute Gasteiger partial charge is 0.573 e. The summed E-state index contributed by atoms with van der Waals surface area (Å²) in [5, 5.41) is 0. The average Bonchev–Trinajstić information content (AvgIpc) is 2.63. The zero-order chi connectivity index (χ0) is 12.5. The molecule has 0 aromatic heterocycles. The van der Waals surface area contributed by atoms with E-state index < -0.39 is 6.36 Å². The molecule has 0 bridgehead atoms. The summed E-state index contributed by atoms with van der Waals surface area (Å²) in [5.74, 6) is -0.254. The van der Waals surface area contributed by atoms with Crippen LogP contribution in [0.3, 0.4) is 0 Å². The molecule has 0 amide bonds. The number of hydroxylamine groups is 1. The summed E-state index contributed by atoms with van der Waals surface area (Å²) >= 11 is 3.18. The lowest BCUT2D eigenvalue weighted by atomic mass is 10.1. The molecule has 0 saturated carbocycles. The van der Waals surface area contributed by atoms with Crippen molar-refractivity contribution in [1.29, 1.82) is 0 Å². The fourth-order valence-corrected chi connectivity index (χ4v) is 1.68. The molecule has 1 aromatic rings. The minimum atomic E-state index is -4.67. The van der Waals surface area contributed by atoms with Crippen LogP contribution in [0.2, 0.25) is 0 Å². The number of hydrogen-bond donors (Lipinski definition) is 1. The summed E-state index contributed by atoms with van der Waals surface area (Å²) in [5.41, 5.74) is 3.31. The van der Waals surface area contributed by atoms with Gasteiger partial charge in [0.25, 0.3) is 0 Å². The molecule has 0 radical (unpaired) electrons. The van der Waals surface area contributed by atoms with Crippen LogP contribution in [0.1, 0.15) is 11.7 Å². The van der Waals surface area contributed by atoms with Crippen LogP contribution in [0.15, 0.2) is 34.9 Å². The zero-order valence-corrected chi connectivity index (χ0v) is 9.88. The minimum absolute atomic E-state index is 0.254. The van der Waals surface area contributed by atoms with Gasteiger partial charge in [0.05, 0.1) is 0 Å². The number of nitrogens with one attached hydrogen (secondary N) is 1. The summed E-state index contributed by atoms with van der Waals surface area (Å²) in [7, 11) is 0. The predicted octanol–water partition coefficient (Wildman–Crippen LogP) is 3.40. The molecule has 1 aromatic carbocycles. The molecule has 0 saturated heterocycles. The maximum absolute atomic E-state index is 11.9. The van der Waals surface area contributed by atoms with E-state index in [0.29, 0.717) is 4.61 Å². The standard InChI is InChI=1S/C10H7BrF3NO2/c11-9-5-8(17-15-9)6-1-3-7(4-2-6)16-10(12,13)14/h1-5,8,15H/t8-/m1/s1. The highest BCUT2D eigenvalue weighted by Crippen LogP contribution is 2.29. The second-order valence-electron chi connectivity index (χ2n) is 3.27. The first-order valence-electron chi connectivity index (χ1n) is 4.59. The SMILES string of the molecule is FC(F)(F)Oc1ccc([C@H]2C=C(Br)NO2)cc1. The van der Waals surface area contributed by atoms with Crippen molar-refractivity contribution in [2.75, 3.05) is 0 Å². The van der Waals surface area contributed by atoms with Gasteiger partial charge in [-0.1, -0.05) is 12.1 Å². The first-order chi connectivity index (χ1) is 7.94. The smallest absolute Gasteiger partial charge is 0.406 e. The van der Waals surface area contributed by atoms with Gasteiger partial charge in [-0.3, -0.25) is 10.3 Å². The predicted molar refractivity (Wildman–Crippen MR) is 57.1 cm³/mol. The van der Waals surface area contributed by atoms with Crippen LogP contribution in [0.4, 0.5) is 13.2 Å². The Kier molecular flexibility index (Phi) is 3.30. The van der Waals surface area contributed by atoms with Crippen molar-refractivity contribution in [3.05, 3.63) is 40.5 Å². The van der Waals surface area contributed by atoms with Crippen molar-refractivity contribution in [3.63, 3.8) is 0 Å². The van der Waals surface area contributed by atoms with Gasteiger partial charge in [-0.25, -0.2) is 0 Å². The zero-order valence-electron chi connectivity index (χ0n) is 8.29. The van der Waals surface area contributed by atoms with Crippen LogP contribution < -0.4 is 10.2 Å². The van der Waals surface area contributed by atoms with E-state index in [1.165, 1.54) is 24.3 Å². The van der Waals surface area contributed by atoms with E-state index in [2.05, 4.69) is 26.1 Å². The third-order valence-electron chi connectivity index (χ3n) is 2.02. The van der Waals surface area contributed by atoms with Crippen LogP contribution >= 0.6 is 15.9 Å². The van der Waals surface area contributed by atoms with Gasteiger partial charge in [-0.05, 0) is 39.7 Å². The number of benzene rings is 1. The molecule has 3 nitrogen and oxygen atoms in total. The molecule has 0 unspecified atom stereocenters. The van der Waals surface area contributed by atoms with Gasteiger partial charge >= 0.3 is 6.36 Å². The topological polar surface area (TPSA) is 30.5 Å². The molecular formula is C10H7BrF3NO2. The number of rotatable bonds is 2. The van der Waals surface area contributed by atoms with Crippen molar-refractivity contribution in [2.45, 2.75) is 12.5 Å². The van der Waals surface area contributed by atoms with E-state index in [9.17, 15) is 13.2 Å². The summed E-state index contributed by atoms with van der Waals surface area (Å²) in [6, 6.07) is 5.50. The van der Waals surface area contributed by atoms with Gasteiger partial charge in [0.1, 0.15) is 16.5 Å². The summed E-state index contributed by atoms with van der Waals surface area (Å²) in [6.07, 6.45) is -3.25. The Morgan fingerprint density at radius 2 is 1.88 bits per heavy atom. The quantitative estimate of drug-likeness (QED) is 0.849. The Labute approximate surface area is 103 Å². The summed E-state index contributed by atoms with van der Waals surface area (Å²) < 4.78 is 40.2. The molecule has 1 aliphatic rings. The molecule has 1 heterocycles. The van der Waals surface area contributed by atoms with E-state index in [1.54, 1.807) is 6.08 Å². The molecule has 1 atom stereocenters. The second kappa shape index (κ2) is 4.58. The fourth-order valence-electron chi connectivity index (χ4n) is 1.34. The Balaban J connectivity index is 2.08. The molecule has 2 rings (SSSR count). The van der Waals surface area contributed by atoms with Crippen LogP contribution in [0.5, 0.6) is 5.75 Å². The van der Waals surface area contributed by atoms with Crippen molar-refractivity contribution in [2.24, 2.45) is 0 Å². The lowest BCUT2D eigenvalue weighted by molar-refractivity contribution is -0.274. The highest BCUT2D eigenvalue weighted by atomic mass is 79.9. The van der Waals surface area contributed by atoms with Crippen molar-refractivity contribution in [1.82, 2.24) is 5.48 Å². The van der Waals surface area contributed by atoms with Gasteiger partial charge < -0.3 is 4.74 Å². The first-order valence-corrected chi connectivity index (χ1v) is 5.38. The Bertz CT molecular complexity index is 430. The van der Waals surface area contributed by atoms with Crippen LogP contribution in [0.25, 0.3) is 0 Å². The van der Waals surface area contributed by atoms with Crippen LogP contribution in [-0.4, -0.2) is 6.36 Å². The van der Waals surface area contributed by atoms with Crippen molar-refractivity contribution in [3.8, 4) is 5.75 Å². The third-order valence-corrected chi connectivity index (χ3v) is 2.45. The maximum Gasteiger partial charge on any atom is 0.573 e.